The topological polar surface area (TPSA) is 12.0 Å². The van der Waals surface area contributed by atoms with Gasteiger partial charge in [-0.25, -0.2) is 0 Å². The quantitative estimate of drug-likeness (QED) is 0.858. The highest BCUT2D eigenvalue weighted by atomic mass is 32.2. The summed E-state index contributed by atoms with van der Waals surface area (Å²) in [6, 6.07) is 4.59. The van der Waals surface area contributed by atoms with Gasteiger partial charge in [-0.2, -0.15) is 0 Å². The molecule has 16 heavy (non-hydrogen) atoms. The molecule has 2 heteroatoms. The van der Waals surface area contributed by atoms with Crippen molar-refractivity contribution in [3.8, 4) is 0 Å². The lowest BCUT2D eigenvalue weighted by molar-refractivity contribution is 0.751. The Kier molecular flexibility index (Phi) is 3.32. The van der Waals surface area contributed by atoms with Crippen molar-refractivity contribution in [1.29, 1.82) is 0 Å². The molecule has 0 spiro atoms. The fourth-order valence-corrected chi connectivity index (χ4v) is 3.72. The third-order valence-corrected chi connectivity index (χ3v) is 5.06. The van der Waals surface area contributed by atoms with Crippen LogP contribution >= 0.6 is 11.8 Å². The molecule has 0 unspecified atom stereocenters. The van der Waals surface area contributed by atoms with Gasteiger partial charge in [0.15, 0.2) is 0 Å². The predicted octanol–water partition coefficient (Wildman–Crippen LogP) is 3.46. The van der Waals surface area contributed by atoms with Crippen molar-refractivity contribution in [2.75, 3.05) is 13.6 Å². The molecular formula is C14H21NS. The second-order valence-corrected chi connectivity index (χ2v) is 6.52. The molecule has 0 bridgehead atoms. The standard InChI is InChI=1S/C14H21NS/c1-10-7-11(2)13(12(3)8-10)16-14(5-6-14)9-15-4/h7-8,15H,5-6,9H2,1-4H3. The Hall–Kier alpha value is -0.470. The summed E-state index contributed by atoms with van der Waals surface area (Å²) >= 11 is 2.08. The Balaban J connectivity index is 2.21. The molecule has 0 amide bonds. The van der Waals surface area contributed by atoms with Crippen molar-refractivity contribution in [3.63, 3.8) is 0 Å². The van der Waals surface area contributed by atoms with Crippen LogP contribution in [-0.2, 0) is 0 Å². The first-order valence-electron chi connectivity index (χ1n) is 5.98. The van der Waals surface area contributed by atoms with E-state index < -0.39 is 0 Å². The van der Waals surface area contributed by atoms with Crippen molar-refractivity contribution in [2.24, 2.45) is 0 Å². The molecule has 0 aromatic heterocycles. The zero-order chi connectivity index (χ0) is 11.8. The fourth-order valence-electron chi connectivity index (χ4n) is 2.32. The molecular weight excluding hydrogens is 214 g/mol. The van der Waals surface area contributed by atoms with Crippen molar-refractivity contribution < 1.29 is 0 Å². The van der Waals surface area contributed by atoms with Crippen molar-refractivity contribution in [1.82, 2.24) is 5.32 Å². The van der Waals surface area contributed by atoms with Crippen LogP contribution < -0.4 is 5.32 Å². The first kappa shape index (κ1) is 12.0. The number of thioether (sulfide) groups is 1. The lowest BCUT2D eigenvalue weighted by Gasteiger charge is -2.18. The van der Waals surface area contributed by atoms with E-state index in [0.29, 0.717) is 4.75 Å². The number of rotatable bonds is 4. The number of nitrogens with one attached hydrogen (secondary N) is 1. The second kappa shape index (κ2) is 4.42. The Bertz CT molecular complexity index is 371. The summed E-state index contributed by atoms with van der Waals surface area (Å²) in [5.74, 6) is 0. The molecule has 1 aromatic rings. The summed E-state index contributed by atoms with van der Waals surface area (Å²) in [7, 11) is 2.05. The molecule has 0 saturated heterocycles. The molecule has 0 atom stereocenters. The third-order valence-electron chi connectivity index (χ3n) is 3.23. The van der Waals surface area contributed by atoms with E-state index in [9.17, 15) is 0 Å². The highest BCUT2D eigenvalue weighted by molar-refractivity contribution is 8.01. The molecule has 2 rings (SSSR count). The zero-order valence-electron chi connectivity index (χ0n) is 10.7. The Morgan fingerprint density at radius 3 is 2.19 bits per heavy atom. The van der Waals surface area contributed by atoms with Gasteiger partial charge in [0, 0.05) is 16.2 Å². The molecule has 88 valence electrons. The third kappa shape index (κ3) is 2.44. The average Bonchev–Trinajstić information content (AvgIpc) is 2.93. The molecule has 0 radical (unpaired) electrons. The van der Waals surface area contributed by atoms with Crippen LogP contribution in [0.4, 0.5) is 0 Å². The van der Waals surface area contributed by atoms with E-state index in [1.807, 2.05) is 0 Å². The van der Waals surface area contributed by atoms with Gasteiger partial charge in [0.05, 0.1) is 0 Å². The van der Waals surface area contributed by atoms with Crippen LogP contribution in [-0.4, -0.2) is 18.3 Å². The monoisotopic (exact) mass is 235 g/mol. The summed E-state index contributed by atoms with van der Waals surface area (Å²) in [4.78, 5) is 1.50. The maximum atomic E-state index is 3.32. The average molecular weight is 235 g/mol. The Morgan fingerprint density at radius 2 is 1.75 bits per heavy atom. The molecule has 1 fully saturated rings. The molecule has 1 aliphatic carbocycles. The van der Waals surface area contributed by atoms with Crippen LogP contribution in [0, 0.1) is 20.8 Å². The summed E-state index contributed by atoms with van der Waals surface area (Å²) in [5.41, 5.74) is 4.24. The van der Waals surface area contributed by atoms with Gasteiger partial charge in [-0.3, -0.25) is 0 Å². The van der Waals surface area contributed by atoms with E-state index in [0.717, 1.165) is 6.54 Å². The first-order valence-corrected chi connectivity index (χ1v) is 6.79. The van der Waals surface area contributed by atoms with Gasteiger partial charge in [-0.15, -0.1) is 11.8 Å². The molecule has 0 heterocycles. The van der Waals surface area contributed by atoms with Crippen molar-refractivity contribution in [3.05, 3.63) is 28.8 Å². The van der Waals surface area contributed by atoms with Gasteiger partial charge < -0.3 is 5.32 Å². The lowest BCUT2D eigenvalue weighted by atomic mass is 10.1. The minimum absolute atomic E-state index is 0.486. The minimum atomic E-state index is 0.486. The fraction of sp³-hybridized carbons (Fsp3) is 0.571. The molecule has 1 aliphatic rings. The van der Waals surface area contributed by atoms with Gasteiger partial charge >= 0.3 is 0 Å². The normalized spacial score (nSPS) is 17.5. The number of benzene rings is 1. The lowest BCUT2D eigenvalue weighted by Crippen LogP contribution is -2.22. The maximum Gasteiger partial charge on any atom is 0.0332 e. The summed E-state index contributed by atoms with van der Waals surface area (Å²) in [6.07, 6.45) is 2.70. The second-order valence-electron chi connectivity index (χ2n) is 5.04. The van der Waals surface area contributed by atoms with Crippen LogP contribution in [0.3, 0.4) is 0 Å². The van der Waals surface area contributed by atoms with Crippen LogP contribution in [0.15, 0.2) is 17.0 Å². The largest absolute Gasteiger partial charge is 0.318 e. The SMILES string of the molecule is CNCC1(Sc2c(C)cc(C)cc2C)CC1. The first-order chi connectivity index (χ1) is 7.56. The van der Waals surface area contributed by atoms with E-state index in [4.69, 9.17) is 0 Å². The summed E-state index contributed by atoms with van der Waals surface area (Å²) in [5, 5.41) is 3.32. The minimum Gasteiger partial charge on any atom is -0.318 e. The number of hydrogen-bond acceptors (Lipinski definition) is 2. The van der Waals surface area contributed by atoms with Gasteiger partial charge in [0.25, 0.3) is 0 Å². The van der Waals surface area contributed by atoms with Crippen molar-refractivity contribution in [2.45, 2.75) is 43.3 Å². The molecule has 1 nitrogen and oxygen atoms in total. The van der Waals surface area contributed by atoms with E-state index in [2.05, 4.69) is 57.0 Å². The summed E-state index contributed by atoms with van der Waals surface area (Å²) in [6.45, 7) is 7.77. The Morgan fingerprint density at radius 1 is 1.19 bits per heavy atom. The number of aryl methyl sites for hydroxylation is 3. The van der Waals surface area contributed by atoms with Gasteiger partial charge in [0.1, 0.15) is 0 Å². The molecule has 1 saturated carbocycles. The van der Waals surface area contributed by atoms with Crippen LogP contribution in [0.2, 0.25) is 0 Å². The Labute approximate surface area is 103 Å². The zero-order valence-corrected chi connectivity index (χ0v) is 11.5. The van der Waals surface area contributed by atoms with E-state index in [1.54, 1.807) is 0 Å². The van der Waals surface area contributed by atoms with E-state index in [1.165, 1.54) is 34.4 Å². The molecule has 1 aromatic carbocycles. The van der Waals surface area contributed by atoms with Crippen molar-refractivity contribution >= 4 is 11.8 Å². The predicted molar refractivity (Wildman–Crippen MR) is 72.4 cm³/mol. The van der Waals surface area contributed by atoms with E-state index in [-0.39, 0.29) is 0 Å². The highest BCUT2D eigenvalue weighted by Gasteiger charge is 2.43. The van der Waals surface area contributed by atoms with E-state index >= 15 is 0 Å². The van der Waals surface area contributed by atoms with Gasteiger partial charge in [0.2, 0.25) is 0 Å². The van der Waals surface area contributed by atoms with Crippen LogP contribution in [0.5, 0.6) is 0 Å². The smallest absolute Gasteiger partial charge is 0.0332 e. The summed E-state index contributed by atoms with van der Waals surface area (Å²) < 4.78 is 0.486. The van der Waals surface area contributed by atoms with Gasteiger partial charge in [-0.1, -0.05) is 17.7 Å². The highest BCUT2D eigenvalue weighted by Crippen LogP contribution is 2.52. The van der Waals surface area contributed by atoms with Gasteiger partial charge in [-0.05, 0) is 51.8 Å². The maximum absolute atomic E-state index is 3.32. The number of hydrogen-bond donors (Lipinski definition) is 1. The molecule has 1 N–H and O–H groups in total. The van der Waals surface area contributed by atoms with Crippen LogP contribution in [0.1, 0.15) is 29.5 Å². The van der Waals surface area contributed by atoms with Crippen LogP contribution in [0.25, 0.3) is 0 Å². The molecule has 0 aliphatic heterocycles.